The van der Waals surface area contributed by atoms with Crippen LogP contribution in [-0.2, 0) is 19.3 Å². The molecule has 0 spiro atoms. The third-order valence-corrected chi connectivity index (χ3v) is 8.02. The van der Waals surface area contributed by atoms with Crippen LogP contribution in [0.15, 0.2) is 40.8 Å². The molecular formula is C25H28BF3N2O6S. The summed E-state index contributed by atoms with van der Waals surface area (Å²) in [6.07, 6.45) is -2.17. The highest BCUT2D eigenvalue weighted by molar-refractivity contribution is 7.92. The van der Waals surface area contributed by atoms with Gasteiger partial charge in [-0.2, -0.15) is 0 Å². The molecule has 204 valence electrons. The SMILES string of the molecule is CNC(=O)c1c(-c2ccc(F)cc2)oc2cc(N(CC(F)F)S(C)(=O)=O)c(B3OC(C)(C)C(C)(C)O3)cc12. The predicted molar refractivity (Wildman–Crippen MR) is 139 cm³/mol. The highest BCUT2D eigenvalue weighted by Gasteiger charge is 2.53. The quantitative estimate of drug-likeness (QED) is 0.447. The van der Waals surface area contributed by atoms with Crippen LogP contribution in [0, 0.1) is 5.82 Å². The summed E-state index contributed by atoms with van der Waals surface area (Å²) in [5.74, 6) is -0.924. The molecule has 2 aromatic carbocycles. The van der Waals surface area contributed by atoms with Crippen LogP contribution < -0.4 is 15.1 Å². The smallest absolute Gasteiger partial charge is 0.455 e. The number of rotatable bonds is 7. The number of carbonyl (C=O) groups excluding carboxylic acids is 1. The van der Waals surface area contributed by atoms with Crippen molar-refractivity contribution in [3.05, 3.63) is 47.8 Å². The van der Waals surface area contributed by atoms with E-state index in [4.69, 9.17) is 13.7 Å². The number of amides is 1. The van der Waals surface area contributed by atoms with Crippen molar-refractivity contribution in [3.8, 4) is 11.3 Å². The van der Waals surface area contributed by atoms with Crippen LogP contribution in [0.3, 0.4) is 0 Å². The summed E-state index contributed by atoms with van der Waals surface area (Å²) in [4.78, 5) is 13.0. The third-order valence-electron chi connectivity index (χ3n) is 6.88. The first kappa shape index (κ1) is 28.0. The number of furan rings is 1. The molecule has 0 bridgehead atoms. The van der Waals surface area contributed by atoms with E-state index in [0.29, 0.717) is 9.87 Å². The molecular weight excluding hydrogens is 524 g/mol. The minimum absolute atomic E-state index is 0.0566. The first-order chi connectivity index (χ1) is 17.6. The van der Waals surface area contributed by atoms with E-state index in [1.54, 1.807) is 27.7 Å². The molecule has 1 fully saturated rings. The zero-order valence-electron chi connectivity index (χ0n) is 21.8. The molecule has 1 aliphatic rings. The van der Waals surface area contributed by atoms with Crippen LogP contribution in [0.5, 0.6) is 0 Å². The molecule has 1 saturated heterocycles. The first-order valence-electron chi connectivity index (χ1n) is 11.8. The van der Waals surface area contributed by atoms with Gasteiger partial charge in [0.2, 0.25) is 10.0 Å². The van der Waals surface area contributed by atoms with Gasteiger partial charge in [0.05, 0.1) is 35.3 Å². The fourth-order valence-corrected chi connectivity index (χ4v) is 5.12. The Bertz CT molecular complexity index is 1470. The lowest BCUT2D eigenvalue weighted by atomic mass is 9.77. The Morgan fingerprint density at radius 3 is 2.16 bits per heavy atom. The number of carbonyl (C=O) groups is 1. The van der Waals surface area contributed by atoms with Gasteiger partial charge in [-0.1, -0.05) is 0 Å². The molecule has 0 saturated carbocycles. The van der Waals surface area contributed by atoms with Crippen molar-refractivity contribution in [1.29, 1.82) is 0 Å². The number of hydrogen-bond donors (Lipinski definition) is 1. The molecule has 0 radical (unpaired) electrons. The lowest BCUT2D eigenvalue weighted by molar-refractivity contribution is 0.00578. The van der Waals surface area contributed by atoms with Crippen molar-refractivity contribution in [2.75, 3.05) is 24.2 Å². The minimum atomic E-state index is -4.19. The molecule has 0 atom stereocenters. The predicted octanol–water partition coefficient (Wildman–Crippen LogP) is 3.93. The second-order valence-corrected chi connectivity index (χ2v) is 12.0. The van der Waals surface area contributed by atoms with Gasteiger partial charge in [0.15, 0.2) is 0 Å². The molecule has 0 aliphatic carbocycles. The van der Waals surface area contributed by atoms with E-state index in [9.17, 15) is 26.4 Å². The number of nitrogens with zero attached hydrogens (tertiary/aromatic N) is 1. The van der Waals surface area contributed by atoms with Crippen LogP contribution in [0.2, 0.25) is 0 Å². The van der Waals surface area contributed by atoms with Gasteiger partial charge >= 0.3 is 7.12 Å². The number of anilines is 1. The zero-order valence-corrected chi connectivity index (χ0v) is 22.6. The molecule has 13 heteroatoms. The molecule has 1 N–H and O–H groups in total. The van der Waals surface area contributed by atoms with Crippen LogP contribution in [-0.4, -0.2) is 58.9 Å². The highest BCUT2D eigenvalue weighted by atomic mass is 32.2. The topological polar surface area (TPSA) is 98.1 Å². The fourth-order valence-electron chi connectivity index (χ4n) is 4.22. The van der Waals surface area contributed by atoms with Crippen molar-refractivity contribution in [3.63, 3.8) is 0 Å². The third kappa shape index (κ3) is 5.02. The Morgan fingerprint density at radius 2 is 1.66 bits per heavy atom. The van der Waals surface area contributed by atoms with E-state index >= 15 is 0 Å². The maximum Gasteiger partial charge on any atom is 0.497 e. The first-order valence-corrected chi connectivity index (χ1v) is 13.6. The van der Waals surface area contributed by atoms with Gasteiger partial charge in [-0.3, -0.25) is 9.10 Å². The number of fused-ring (bicyclic) bond motifs is 1. The number of alkyl halides is 2. The number of hydrogen-bond acceptors (Lipinski definition) is 6. The van der Waals surface area contributed by atoms with Crippen LogP contribution in [0.1, 0.15) is 38.1 Å². The Labute approximate surface area is 219 Å². The lowest BCUT2D eigenvalue weighted by Crippen LogP contribution is -2.43. The number of sulfonamides is 1. The van der Waals surface area contributed by atoms with Crippen molar-refractivity contribution in [2.24, 2.45) is 0 Å². The standard InChI is InChI=1S/C25H28BF3N2O6S/c1-24(2)25(3,4)37-26(36-24)17-11-16-19(12-18(17)31(13-20(28)29)38(6,33)34)35-22(21(16)23(32)30-5)14-7-9-15(27)10-8-14/h7-12,20H,13H2,1-6H3,(H,30,32). The molecule has 8 nitrogen and oxygen atoms in total. The van der Waals surface area contributed by atoms with Gasteiger partial charge < -0.3 is 19.0 Å². The average molecular weight is 552 g/mol. The van der Waals surface area contributed by atoms with Crippen molar-refractivity contribution in [2.45, 2.75) is 45.3 Å². The summed E-state index contributed by atoms with van der Waals surface area (Å²) in [5.41, 5.74) is -1.14. The summed E-state index contributed by atoms with van der Waals surface area (Å²) >= 11 is 0. The van der Waals surface area contributed by atoms with Gasteiger partial charge in [-0.05, 0) is 58.0 Å². The van der Waals surface area contributed by atoms with Gasteiger partial charge in [0.25, 0.3) is 12.3 Å². The van der Waals surface area contributed by atoms with Crippen LogP contribution in [0.25, 0.3) is 22.3 Å². The van der Waals surface area contributed by atoms with Crippen LogP contribution >= 0.6 is 0 Å². The molecule has 3 aromatic rings. The van der Waals surface area contributed by atoms with Gasteiger partial charge in [0.1, 0.15) is 17.2 Å². The van der Waals surface area contributed by atoms with E-state index in [0.717, 1.165) is 6.26 Å². The summed E-state index contributed by atoms with van der Waals surface area (Å²) in [6.45, 7) is 6.04. The van der Waals surface area contributed by atoms with Gasteiger partial charge in [-0.15, -0.1) is 0 Å². The van der Waals surface area contributed by atoms with Crippen LogP contribution in [0.4, 0.5) is 18.9 Å². The molecule has 38 heavy (non-hydrogen) atoms. The Morgan fingerprint density at radius 1 is 1.08 bits per heavy atom. The van der Waals surface area contributed by atoms with E-state index in [1.165, 1.54) is 43.4 Å². The second kappa shape index (κ2) is 9.62. The summed E-state index contributed by atoms with van der Waals surface area (Å²) in [5, 5.41) is 2.81. The average Bonchev–Trinajstić information content (AvgIpc) is 3.28. The van der Waals surface area contributed by atoms with E-state index in [-0.39, 0.29) is 33.4 Å². The van der Waals surface area contributed by atoms with E-state index < -0.39 is 53.0 Å². The lowest BCUT2D eigenvalue weighted by Gasteiger charge is -2.32. The molecule has 0 unspecified atom stereocenters. The number of halogens is 3. The Hall–Kier alpha value is -3.03. The van der Waals surface area contributed by atoms with Crippen molar-refractivity contribution < 1.29 is 40.1 Å². The van der Waals surface area contributed by atoms with Crippen molar-refractivity contribution >= 4 is 45.2 Å². The minimum Gasteiger partial charge on any atom is -0.455 e. The highest BCUT2D eigenvalue weighted by Crippen LogP contribution is 2.40. The number of benzene rings is 2. The molecule has 4 rings (SSSR count). The Balaban J connectivity index is 2.05. The normalized spacial score (nSPS) is 16.8. The second-order valence-electron chi connectivity index (χ2n) is 10.1. The van der Waals surface area contributed by atoms with E-state index in [1.807, 2.05) is 0 Å². The molecule has 1 aromatic heterocycles. The maximum atomic E-state index is 13.6. The Kier molecular flexibility index (Phi) is 7.09. The largest absolute Gasteiger partial charge is 0.497 e. The van der Waals surface area contributed by atoms with E-state index in [2.05, 4.69) is 5.32 Å². The van der Waals surface area contributed by atoms with Gasteiger partial charge in [-0.25, -0.2) is 21.6 Å². The summed E-state index contributed by atoms with van der Waals surface area (Å²) in [7, 11) is -3.92. The molecule has 1 aliphatic heterocycles. The monoisotopic (exact) mass is 552 g/mol. The maximum absolute atomic E-state index is 13.6. The summed E-state index contributed by atoms with van der Waals surface area (Å²) in [6, 6.07) is 7.98. The van der Waals surface area contributed by atoms with Gasteiger partial charge in [0, 0.05) is 29.5 Å². The summed E-state index contributed by atoms with van der Waals surface area (Å²) < 4.78 is 84.9. The van der Waals surface area contributed by atoms with Crippen molar-refractivity contribution in [1.82, 2.24) is 5.32 Å². The molecule has 2 heterocycles. The molecule has 1 amide bonds. The zero-order chi connectivity index (χ0) is 28.2. The fraction of sp³-hybridized carbons (Fsp3) is 0.400. The number of nitrogens with one attached hydrogen (secondary N) is 1.